The van der Waals surface area contributed by atoms with Gasteiger partial charge in [-0.15, -0.1) is 0 Å². The topological polar surface area (TPSA) is 134 Å². The van der Waals surface area contributed by atoms with Crippen molar-refractivity contribution in [2.45, 2.75) is 161 Å². The highest BCUT2D eigenvalue weighted by molar-refractivity contribution is 7.47. The van der Waals surface area contributed by atoms with Crippen LogP contribution in [0.25, 0.3) is 0 Å². The quantitative estimate of drug-likeness (QED) is 0.0323. The molecule has 0 aliphatic heterocycles. The smallest absolute Gasteiger partial charge is 0.462 e. The summed E-state index contributed by atoms with van der Waals surface area (Å²) in [4.78, 5) is 34.5. The zero-order chi connectivity index (χ0) is 31.9. The fraction of sp³-hybridized carbons (Fsp3) is 0.879. The molecular weight excluding hydrogens is 569 g/mol. The molecule has 0 radical (unpaired) electrons. The fourth-order valence-electron chi connectivity index (χ4n) is 4.55. The zero-order valence-corrected chi connectivity index (χ0v) is 28.3. The van der Waals surface area contributed by atoms with E-state index in [0.29, 0.717) is 6.42 Å². The standard InChI is InChI=1S/C33H64NO8P/c1-3-5-7-9-11-13-15-17-19-21-23-25-32(35)39-29-31(30-41-43(37,38)40-28-27-34)42-33(36)26-24-22-20-18-16-14-12-10-8-6-4-2/h10,12,31H,3-9,11,13-30,34H2,1-2H3,(H,37,38)/b12-10+/t31-/m1/s1. The third-order valence-electron chi connectivity index (χ3n) is 7.15. The zero-order valence-electron chi connectivity index (χ0n) is 27.4. The molecule has 0 spiro atoms. The minimum absolute atomic E-state index is 0.0542. The Morgan fingerprint density at radius 1 is 0.674 bits per heavy atom. The lowest BCUT2D eigenvalue weighted by Crippen LogP contribution is -2.29. The van der Waals surface area contributed by atoms with Crippen LogP contribution in [0.5, 0.6) is 0 Å². The van der Waals surface area contributed by atoms with Gasteiger partial charge < -0.3 is 20.1 Å². The van der Waals surface area contributed by atoms with Crippen LogP contribution in [0.2, 0.25) is 0 Å². The van der Waals surface area contributed by atoms with E-state index in [4.69, 9.17) is 24.3 Å². The molecule has 1 unspecified atom stereocenters. The summed E-state index contributed by atoms with van der Waals surface area (Å²) in [6.45, 7) is 3.65. The summed E-state index contributed by atoms with van der Waals surface area (Å²) in [5.41, 5.74) is 5.31. The first-order chi connectivity index (χ1) is 20.8. The number of carbonyl (C=O) groups is 2. The van der Waals surface area contributed by atoms with Gasteiger partial charge in [0, 0.05) is 19.4 Å². The van der Waals surface area contributed by atoms with Gasteiger partial charge in [0.1, 0.15) is 6.61 Å². The Balaban J connectivity index is 4.29. The lowest BCUT2D eigenvalue weighted by molar-refractivity contribution is -0.161. The Labute approximate surface area is 262 Å². The number of allylic oxidation sites excluding steroid dienone is 2. The van der Waals surface area contributed by atoms with Crippen molar-refractivity contribution < 1.29 is 37.6 Å². The maximum Gasteiger partial charge on any atom is 0.472 e. The summed E-state index contributed by atoms with van der Waals surface area (Å²) in [6, 6.07) is 0. The Hall–Kier alpha value is -1.25. The van der Waals surface area contributed by atoms with Crippen LogP contribution in [0.4, 0.5) is 0 Å². The molecule has 0 aliphatic rings. The number of phosphoric ester groups is 1. The predicted molar refractivity (Wildman–Crippen MR) is 174 cm³/mol. The van der Waals surface area contributed by atoms with Gasteiger partial charge in [0.25, 0.3) is 0 Å². The van der Waals surface area contributed by atoms with Gasteiger partial charge in [-0.1, -0.05) is 122 Å². The Morgan fingerprint density at radius 2 is 1.16 bits per heavy atom. The lowest BCUT2D eigenvalue weighted by Gasteiger charge is -2.19. The van der Waals surface area contributed by atoms with Crippen LogP contribution in [-0.2, 0) is 32.7 Å². The van der Waals surface area contributed by atoms with Gasteiger partial charge in [0.2, 0.25) is 0 Å². The molecule has 3 N–H and O–H groups in total. The van der Waals surface area contributed by atoms with Crippen molar-refractivity contribution >= 4 is 19.8 Å². The van der Waals surface area contributed by atoms with Crippen LogP contribution in [0.15, 0.2) is 12.2 Å². The first-order valence-corrected chi connectivity index (χ1v) is 18.7. The highest BCUT2D eigenvalue weighted by atomic mass is 31.2. The first-order valence-electron chi connectivity index (χ1n) is 17.2. The summed E-state index contributed by atoms with van der Waals surface area (Å²) in [5.74, 6) is -0.840. The van der Waals surface area contributed by atoms with Crippen molar-refractivity contribution in [1.29, 1.82) is 0 Å². The molecule has 0 amide bonds. The van der Waals surface area contributed by atoms with E-state index in [2.05, 4.69) is 26.0 Å². The monoisotopic (exact) mass is 633 g/mol. The van der Waals surface area contributed by atoms with E-state index in [0.717, 1.165) is 57.8 Å². The number of rotatable bonds is 32. The maximum absolute atomic E-state index is 12.4. The number of nitrogens with two attached hydrogens (primary N) is 1. The second-order valence-electron chi connectivity index (χ2n) is 11.4. The molecule has 0 aliphatic carbocycles. The van der Waals surface area contributed by atoms with E-state index in [1.807, 2.05) is 0 Å². The largest absolute Gasteiger partial charge is 0.472 e. The summed E-state index contributed by atoms with van der Waals surface area (Å²) < 4.78 is 32.5. The minimum Gasteiger partial charge on any atom is -0.462 e. The second kappa shape index (κ2) is 30.8. The molecule has 254 valence electrons. The van der Waals surface area contributed by atoms with Gasteiger partial charge in [-0.25, -0.2) is 4.57 Å². The Kier molecular flexibility index (Phi) is 29.9. The molecule has 0 aromatic carbocycles. The van der Waals surface area contributed by atoms with Gasteiger partial charge in [-0.05, 0) is 32.1 Å². The van der Waals surface area contributed by atoms with Crippen LogP contribution in [-0.4, -0.2) is 49.3 Å². The second-order valence-corrected chi connectivity index (χ2v) is 12.8. The molecule has 2 atom stereocenters. The third kappa shape index (κ3) is 30.6. The number of ether oxygens (including phenoxy) is 2. The molecule has 0 heterocycles. The van der Waals surface area contributed by atoms with Crippen LogP contribution in [0.1, 0.15) is 155 Å². The van der Waals surface area contributed by atoms with Crippen LogP contribution in [0.3, 0.4) is 0 Å². The lowest BCUT2D eigenvalue weighted by atomic mass is 10.1. The number of unbranched alkanes of at least 4 members (excludes halogenated alkanes) is 17. The van der Waals surface area contributed by atoms with Crippen molar-refractivity contribution in [1.82, 2.24) is 0 Å². The van der Waals surface area contributed by atoms with Crippen molar-refractivity contribution in [3.05, 3.63) is 12.2 Å². The number of phosphoric acid groups is 1. The minimum atomic E-state index is -4.36. The Morgan fingerprint density at radius 3 is 1.72 bits per heavy atom. The first kappa shape index (κ1) is 41.8. The molecule has 9 nitrogen and oxygen atoms in total. The van der Waals surface area contributed by atoms with E-state index in [9.17, 15) is 19.0 Å². The summed E-state index contributed by atoms with van der Waals surface area (Å²) in [5, 5.41) is 0. The number of carbonyl (C=O) groups excluding carboxylic acids is 2. The molecular formula is C33H64NO8P. The summed E-state index contributed by atoms with van der Waals surface area (Å²) in [7, 11) is -4.36. The van der Waals surface area contributed by atoms with Gasteiger partial charge in [0.05, 0.1) is 13.2 Å². The molecule has 0 saturated heterocycles. The van der Waals surface area contributed by atoms with E-state index in [-0.39, 0.29) is 38.6 Å². The molecule has 0 bridgehead atoms. The molecule has 0 saturated carbocycles. The van der Waals surface area contributed by atoms with Gasteiger partial charge in [-0.2, -0.15) is 0 Å². The van der Waals surface area contributed by atoms with Crippen LogP contribution < -0.4 is 5.73 Å². The maximum atomic E-state index is 12.4. The normalized spacial score (nSPS) is 13.7. The van der Waals surface area contributed by atoms with Crippen molar-refractivity contribution in [3.63, 3.8) is 0 Å². The fourth-order valence-corrected chi connectivity index (χ4v) is 5.32. The van der Waals surface area contributed by atoms with E-state index < -0.39 is 26.5 Å². The Bertz CT molecular complexity index is 734. The van der Waals surface area contributed by atoms with E-state index in [1.54, 1.807) is 0 Å². The summed E-state index contributed by atoms with van der Waals surface area (Å²) in [6.07, 6.45) is 26.7. The van der Waals surface area contributed by atoms with Crippen molar-refractivity contribution in [2.24, 2.45) is 5.73 Å². The van der Waals surface area contributed by atoms with Gasteiger partial charge in [-0.3, -0.25) is 18.6 Å². The molecule has 0 fully saturated rings. The molecule has 43 heavy (non-hydrogen) atoms. The van der Waals surface area contributed by atoms with Crippen LogP contribution >= 0.6 is 7.82 Å². The van der Waals surface area contributed by atoms with E-state index in [1.165, 1.54) is 64.2 Å². The number of hydrogen-bond donors (Lipinski definition) is 2. The van der Waals surface area contributed by atoms with Gasteiger partial charge in [0.15, 0.2) is 6.10 Å². The summed E-state index contributed by atoms with van der Waals surface area (Å²) >= 11 is 0. The van der Waals surface area contributed by atoms with Gasteiger partial charge >= 0.3 is 19.8 Å². The van der Waals surface area contributed by atoms with E-state index >= 15 is 0 Å². The molecule has 0 aromatic rings. The highest BCUT2D eigenvalue weighted by Gasteiger charge is 2.25. The van der Waals surface area contributed by atoms with Crippen molar-refractivity contribution in [2.75, 3.05) is 26.4 Å². The van der Waals surface area contributed by atoms with Crippen molar-refractivity contribution in [3.8, 4) is 0 Å². The third-order valence-corrected chi connectivity index (χ3v) is 8.14. The molecule has 10 heteroatoms. The highest BCUT2D eigenvalue weighted by Crippen LogP contribution is 2.43. The average Bonchev–Trinajstić information content (AvgIpc) is 2.99. The van der Waals surface area contributed by atoms with Crippen LogP contribution in [0, 0.1) is 0 Å². The molecule has 0 aromatic heterocycles. The molecule has 0 rings (SSSR count). The number of hydrogen-bond acceptors (Lipinski definition) is 8. The number of esters is 2. The predicted octanol–water partition coefficient (Wildman–Crippen LogP) is 8.71. The average molecular weight is 634 g/mol. The SMILES string of the molecule is CCCC/C=C/CCCCCCCC(=O)O[C@H](COC(=O)CCCCCCCCCCCCC)COP(=O)(O)OCCN.